The molecule has 1 aliphatic carbocycles. The van der Waals surface area contributed by atoms with Gasteiger partial charge in [-0.1, -0.05) is 36.7 Å². The molecule has 1 rings (SSSR count). The minimum absolute atomic E-state index is 0.218. The standard InChI is InChI=1S/C12H22BrNO/c1-12(2,3)7-10(13)8-14-11(15)6-9-4-5-9/h9-10H,4-8H2,1-3H3,(H,14,15). The molecule has 1 amide bonds. The number of alkyl halides is 1. The summed E-state index contributed by atoms with van der Waals surface area (Å²) in [5.74, 6) is 0.900. The van der Waals surface area contributed by atoms with Gasteiger partial charge in [-0.3, -0.25) is 4.79 Å². The van der Waals surface area contributed by atoms with Crippen LogP contribution in [-0.2, 0) is 4.79 Å². The van der Waals surface area contributed by atoms with Crippen LogP contribution < -0.4 is 5.32 Å². The van der Waals surface area contributed by atoms with Gasteiger partial charge in [0.2, 0.25) is 5.91 Å². The lowest BCUT2D eigenvalue weighted by Crippen LogP contribution is -2.31. The van der Waals surface area contributed by atoms with Crippen LogP contribution in [0.4, 0.5) is 0 Å². The summed E-state index contributed by atoms with van der Waals surface area (Å²) < 4.78 is 0. The van der Waals surface area contributed by atoms with Gasteiger partial charge in [0.15, 0.2) is 0 Å². The van der Waals surface area contributed by atoms with Gasteiger partial charge >= 0.3 is 0 Å². The first-order valence-electron chi connectivity index (χ1n) is 5.77. The van der Waals surface area contributed by atoms with Crippen molar-refractivity contribution in [2.24, 2.45) is 11.3 Å². The zero-order valence-corrected chi connectivity index (χ0v) is 11.6. The fourth-order valence-electron chi connectivity index (χ4n) is 1.62. The van der Waals surface area contributed by atoms with Crippen LogP contribution in [0.15, 0.2) is 0 Å². The molecule has 3 heteroatoms. The number of nitrogens with one attached hydrogen (secondary N) is 1. The Morgan fingerprint density at radius 2 is 2.07 bits per heavy atom. The van der Waals surface area contributed by atoms with Crippen LogP contribution in [0.2, 0.25) is 0 Å². The van der Waals surface area contributed by atoms with E-state index in [0.717, 1.165) is 19.4 Å². The molecule has 0 spiro atoms. The fourth-order valence-corrected chi connectivity index (χ4v) is 2.75. The lowest BCUT2D eigenvalue weighted by atomic mass is 9.90. The van der Waals surface area contributed by atoms with Crippen molar-refractivity contribution >= 4 is 21.8 Å². The van der Waals surface area contributed by atoms with Gasteiger partial charge in [-0.05, 0) is 30.6 Å². The van der Waals surface area contributed by atoms with E-state index in [1.165, 1.54) is 12.8 Å². The van der Waals surface area contributed by atoms with E-state index < -0.39 is 0 Å². The second kappa shape index (κ2) is 5.33. The van der Waals surface area contributed by atoms with Crippen molar-refractivity contribution in [2.75, 3.05) is 6.54 Å². The van der Waals surface area contributed by atoms with Gasteiger partial charge < -0.3 is 5.32 Å². The Morgan fingerprint density at radius 1 is 1.47 bits per heavy atom. The Hall–Kier alpha value is -0.0500. The van der Waals surface area contributed by atoms with Gasteiger partial charge in [-0.25, -0.2) is 0 Å². The zero-order valence-electron chi connectivity index (χ0n) is 9.98. The highest BCUT2D eigenvalue weighted by Gasteiger charge is 2.24. The number of hydrogen-bond donors (Lipinski definition) is 1. The fraction of sp³-hybridized carbons (Fsp3) is 0.917. The molecule has 0 aromatic rings. The predicted octanol–water partition coefficient (Wildman–Crippen LogP) is 3.10. The van der Waals surface area contributed by atoms with Crippen molar-refractivity contribution in [3.63, 3.8) is 0 Å². The first-order valence-corrected chi connectivity index (χ1v) is 6.69. The summed E-state index contributed by atoms with van der Waals surface area (Å²) in [4.78, 5) is 11.8. The number of rotatable bonds is 5. The molecule has 0 aliphatic heterocycles. The lowest BCUT2D eigenvalue weighted by Gasteiger charge is -2.22. The quantitative estimate of drug-likeness (QED) is 0.768. The van der Waals surface area contributed by atoms with Crippen LogP contribution in [0.25, 0.3) is 0 Å². The highest BCUT2D eigenvalue weighted by Crippen LogP contribution is 2.32. The SMILES string of the molecule is CC(C)(C)CC(Br)CNC(=O)CC1CC1. The highest BCUT2D eigenvalue weighted by atomic mass is 79.9. The van der Waals surface area contributed by atoms with Crippen LogP contribution in [0.5, 0.6) is 0 Å². The van der Waals surface area contributed by atoms with Gasteiger partial charge in [0.1, 0.15) is 0 Å². The minimum atomic E-state index is 0.218. The van der Waals surface area contributed by atoms with Crippen LogP contribution in [0.3, 0.4) is 0 Å². The maximum Gasteiger partial charge on any atom is 0.220 e. The van der Waals surface area contributed by atoms with E-state index in [1.807, 2.05) is 0 Å². The summed E-state index contributed by atoms with van der Waals surface area (Å²) in [6, 6.07) is 0. The smallest absolute Gasteiger partial charge is 0.220 e. The average Bonchev–Trinajstić information content (AvgIpc) is 2.81. The largest absolute Gasteiger partial charge is 0.355 e. The van der Waals surface area contributed by atoms with E-state index in [1.54, 1.807) is 0 Å². The van der Waals surface area contributed by atoms with Crippen molar-refractivity contribution in [1.82, 2.24) is 5.32 Å². The maximum absolute atomic E-state index is 11.4. The average molecular weight is 276 g/mol. The molecule has 0 radical (unpaired) electrons. The summed E-state index contributed by atoms with van der Waals surface area (Å²) >= 11 is 3.61. The van der Waals surface area contributed by atoms with Crippen LogP contribution >= 0.6 is 15.9 Å². The lowest BCUT2D eigenvalue weighted by molar-refractivity contribution is -0.121. The molecule has 0 saturated heterocycles. The van der Waals surface area contributed by atoms with E-state index in [0.29, 0.717) is 16.2 Å². The summed E-state index contributed by atoms with van der Waals surface area (Å²) in [6.45, 7) is 7.40. The topological polar surface area (TPSA) is 29.1 Å². The normalized spacial score (nSPS) is 18.7. The third-order valence-electron chi connectivity index (χ3n) is 2.53. The Balaban J connectivity index is 2.09. The molecule has 1 saturated carbocycles. The van der Waals surface area contributed by atoms with E-state index >= 15 is 0 Å². The predicted molar refractivity (Wildman–Crippen MR) is 67.1 cm³/mol. The number of carbonyl (C=O) groups is 1. The molecule has 0 aromatic carbocycles. The van der Waals surface area contributed by atoms with Crippen LogP contribution in [0.1, 0.15) is 46.5 Å². The second-order valence-electron chi connectivity index (χ2n) is 5.81. The molecule has 2 nitrogen and oxygen atoms in total. The van der Waals surface area contributed by atoms with Crippen molar-refractivity contribution in [3.05, 3.63) is 0 Å². The molecule has 1 unspecified atom stereocenters. The molecular weight excluding hydrogens is 254 g/mol. The number of hydrogen-bond acceptors (Lipinski definition) is 1. The third kappa shape index (κ3) is 6.93. The Kier molecular flexibility index (Phi) is 4.63. The number of amides is 1. The molecule has 0 heterocycles. The maximum atomic E-state index is 11.4. The van der Waals surface area contributed by atoms with Crippen molar-refractivity contribution < 1.29 is 4.79 Å². The number of halogens is 1. The van der Waals surface area contributed by atoms with Gasteiger partial charge in [0.05, 0.1) is 0 Å². The minimum Gasteiger partial charge on any atom is -0.355 e. The summed E-state index contributed by atoms with van der Waals surface area (Å²) in [5.41, 5.74) is 0.315. The summed E-state index contributed by atoms with van der Waals surface area (Å²) in [6.07, 6.45) is 4.30. The monoisotopic (exact) mass is 275 g/mol. The van der Waals surface area contributed by atoms with E-state index in [9.17, 15) is 4.79 Å². The molecule has 0 aromatic heterocycles. The molecular formula is C12H22BrNO. The summed E-state index contributed by atoms with van der Waals surface area (Å²) in [5, 5.41) is 2.99. The van der Waals surface area contributed by atoms with E-state index in [-0.39, 0.29) is 5.91 Å². The van der Waals surface area contributed by atoms with E-state index in [2.05, 4.69) is 42.0 Å². The Bertz CT molecular complexity index is 218. The molecule has 1 aliphatic rings. The molecule has 15 heavy (non-hydrogen) atoms. The van der Waals surface area contributed by atoms with Crippen molar-refractivity contribution in [3.8, 4) is 0 Å². The molecule has 1 N–H and O–H groups in total. The van der Waals surface area contributed by atoms with Crippen LogP contribution in [0, 0.1) is 11.3 Å². The first-order chi connectivity index (χ1) is 6.87. The van der Waals surface area contributed by atoms with Crippen LogP contribution in [-0.4, -0.2) is 17.3 Å². The van der Waals surface area contributed by atoms with Crippen molar-refractivity contribution in [2.45, 2.75) is 51.3 Å². The van der Waals surface area contributed by atoms with Gasteiger partial charge in [0, 0.05) is 17.8 Å². The Labute approximate surface area is 101 Å². The number of carbonyl (C=O) groups excluding carboxylic acids is 1. The van der Waals surface area contributed by atoms with Crippen molar-refractivity contribution in [1.29, 1.82) is 0 Å². The Morgan fingerprint density at radius 3 is 2.53 bits per heavy atom. The summed E-state index contributed by atoms with van der Waals surface area (Å²) in [7, 11) is 0. The molecule has 88 valence electrons. The third-order valence-corrected chi connectivity index (χ3v) is 3.17. The van der Waals surface area contributed by atoms with Gasteiger partial charge in [-0.15, -0.1) is 0 Å². The van der Waals surface area contributed by atoms with Gasteiger partial charge in [-0.2, -0.15) is 0 Å². The second-order valence-corrected chi connectivity index (χ2v) is 7.11. The molecule has 1 atom stereocenters. The van der Waals surface area contributed by atoms with E-state index in [4.69, 9.17) is 0 Å². The first kappa shape index (κ1) is 13.0. The zero-order chi connectivity index (χ0) is 11.5. The molecule has 0 bridgehead atoms. The molecule has 1 fully saturated rings. The highest BCUT2D eigenvalue weighted by molar-refractivity contribution is 9.09. The van der Waals surface area contributed by atoms with Gasteiger partial charge in [0.25, 0.3) is 0 Å².